The Morgan fingerprint density at radius 1 is 1.20 bits per heavy atom. The van der Waals surface area contributed by atoms with E-state index in [1.165, 1.54) is 0 Å². The third-order valence-corrected chi connectivity index (χ3v) is 6.43. The van der Waals surface area contributed by atoms with Gasteiger partial charge in [-0.25, -0.2) is 0 Å². The number of rotatable bonds is 9. The zero-order valence-corrected chi connectivity index (χ0v) is 26.0. The first-order chi connectivity index (χ1) is 16.4. The van der Waals surface area contributed by atoms with Gasteiger partial charge in [-0.1, -0.05) is 18.9 Å². The van der Waals surface area contributed by atoms with Crippen LogP contribution in [-0.4, -0.2) is 39.4 Å². The van der Waals surface area contributed by atoms with E-state index in [9.17, 15) is 9.59 Å². The third-order valence-electron chi connectivity index (χ3n) is 5.72. The number of benzene rings is 2. The zero-order valence-electron chi connectivity index (χ0n) is 21.3. The Morgan fingerprint density at radius 3 is 2.54 bits per heavy atom. The molecule has 1 aliphatic carbocycles. The summed E-state index contributed by atoms with van der Waals surface area (Å²) >= 11 is 3.37. The van der Waals surface area contributed by atoms with Crippen LogP contribution in [-0.2, 0) is 9.59 Å². The molecule has 1 saturated carbocycles. The molecule has 2 aromatic rings. The van der Waals surface area contributed by atoms with Crippen LogP contribution in [0.4, 0.5) is 11.4 Å². The number of halogens is 1. The van der Waals surface area contributed by atoms with E-state index in [1.54, 1.807) is 13.2 Å². The van der Waals surface area contributed by atoms with Crippen LogP contribution in [0.1, 0.15) is 48.8 Å². The predicted octanol–water partition coefficient (Wildman–Crippen LogP) is 2.45. The number of nitrogens with one attached hydrogen (secondary N) is 3. The van der Waals surface area contributed by atoms with Crippen molar-refractivity contribution < 1.29 is 65.7 Å². The number of carbonyl (C=O) groups is 1. The molecule has 0 spiro atoms. The van der Waals surface area contributed by atoms with E-state index in [-0.39, 0.29) is 63.2 Å². The van der Waals surface area contributed by atoms with Crippen molar-refractivity contribution in [1.82, 2.24) is 5.32 Å². The van der Waals surface area contributed by atoms with Gasteiger partial charge in [0.1, 0.15) is 5.75 Å². The SMILES string of the molecule is COc1cc(NC(=O)C2CC[CH-]CC2)ccc1C.[CH2-]c1c(Br)cc(NCCCNC)cc1[C-]=O.[K+]. The summed E-state index contributed by atoms with van der Waals surface area (Å²) < 4.78 is 6.08. The van der Waals surface area contributed by atoms with Gasteiger partial charge in [0.25, 0.3) is 0 Å². The fourth-order valence-electron chi connectivity index (χ4n) is 3.66. The van der Waals surface area contributed by atoms with Gasteiger partial charge in [0.05, 0.1) is 7.11 Å². The van der Waals surface area contributed by atoms with Crippen molar-refractivity contribution in [2.45, 2.75) is 39.0 Å². The topological polar surface area (TPSA) is 79.5 Å². The van der Waals surface area contributed by atoms with E-state index in [2.05, 4.69) is 45.2 Å². The molecule has 8 heteroatoms. The van der Waals surface area contributed by atoms with Gasteiger partial charge in [-0.05, 0) is 50.5 Å². The molecule has 186 valence electrons. The third kappa shape index (κ3) is 11.0. The number of anilines is 2. The molecule has 0 saturated heterocycles. The maximum absolute atomic E-state index is 12.1. The number of hydrogen-bond donors (Lipinski definition) is 3. The average Bonchev–Trinajstić information content (AvgIpc) is 2.86. The maximum atomic E-state index is 12.1. The molecule has 3 N–H and O–H groups in total. The molecule has 1 aliphatic rings. The summed E-state index contributed by atoms with van der Waals surface area (Å²) in [7, 11) is 3.57. The first-order valence-corrected chi connectivity index (χ1v) is 12.4. The fraction of sp³-hybridized carbons (Fsp3) is 0.407. The molecule has 1 fully saturated rings. The fourth-order valence-corrected chi connectivity index (χ4v) is 4.12. The van der Waals surface area contributed by atoms with E-state index >= 15 is 0 Å². The second-order valence-corrected chi connectivity index (χ2v) is 9.14. The average molecular weight is 569 g/mol. The Kier molecular flexibility index (Phi) is 16.1. The summed E-state index contributed by atoms with van der Waals surface area (Å²) in [6.07, 6.45) is 9.21. The number of ether oxygens (including phenoxy) is 1. The van der Waals surface area contributed by atoms with Gasteiger partial charge in [-0.3, -0.25) is 22.8 Å². The number of hydrogen-bond acceptors (Lipinski definition) is 5. The summed E-state index contributed by atoms with van der Waals surface area (Å²) in [6.45, 7) is 7.61. The molecule has 0 atom stereocenters. The Balaban J connectivity index is 0.000000343. The molecule has 0 heterocycles. The number of aryl methyl sites for hydroxylation is 1. The number of methoxy groups -OCH3 is 1. The standard InChI is InChI=1S/C15H20NO2.C12H15BrN2O.K/c1-11-8-9-13(10-14(11)18-2)16-15(17)12-6-4-3-5-7-12;1-9-10(8-16)6-11(7-12(9)13)15-5-3-4-14-2;/h3,8-10,12H,4-7H2,1-2H3,(H,16,17);6-7,14-15H,1,3-5H2,2H3;/q-1;-2;+1. The van der Waals surface area contributed by atoms with E-state index in [0.29, 0.717) is 11.1 Å². The van der Waals surface area contributed by atoms with Crippen molar-refractivity contribution in [3.05, 3.63) is 64.8 Å². The molecule has 0 unspecified atom stereocenters. The van der Waals surface area contributed by atoms with Crippen molar-refractivity contribution in [2.24, 2.45) is 5.92 Å². The van der Waals surface area contributed by atoms with E-state index in [1.807, 2.05) is 44.5 Å². The summed E-state index contributed by atoms with van der Waals surface area (Å²) in [4.78, 5) is 22.8. The minimum absolute atomic E-state index is 0. The Bertz CT molecular complexity index is 950. The van der Waals surface area contributed by atoms with Crippen LogP contribution >= 0.6 is 15.9 Å². The molecule has 3 rings (SSSR count). The van der Waals surface area contributed by atoms with Crippen LogP contribution < -0.4 is 72.1 Å². The van der Waals surface area contributed by atoms with E-state index in [4.69, 9.17) is 4.74 Å². The molecular formula is C27H35BrKN3O3-2. The quantitative estimate of drug-likeness (QED) is 0.246. The number of amides is 1. The summed E-state index contributed by atoms with van der Waals surface area (Å²) in [5.41, 5.74) is 3.97. The van der Waals surface area contributed by atoms with Crippen LogP contribution in [0.15, 0.2) is 34.8 Å². The van der Waals surface area contributed by atoms with Crippen LogP contribution in [0, 0.1) is 26.2 Å². The minimum atomic E-state index is 0. The predicted molar refractivity (Wildman–Crippen MR) is 143 cm³/mol. The molecular weight excluding hydrogens is 533 g/mol. The Labute approximate surface area is 261 Å². The van der Waals surface area contributed by atoms with Gasteiger partial charge in [-0.2, -0.15) is 18.9 Å². The summed E-state index contributed by atoms with van der Waals surface area (Å²) in [6, 6.07) is 9.44. The van der Waals surface area contributed by atoms with Gasteiger partial charge in [-0.15, -0.1) is 26.5 Å². The summed E-state index contributed by atoms with van der Waals surface area (Å²) in [5, 5.41) is 9.30. The molecule has 0 aromatic heterocycles. The molecule has 6 nitrogen and oxygen atoms in total. The van der Waals surface area contributed by atoms with Crippen molar-refractivity contribution in [2.75, 3.05) is 37.9 Å². The smallest absolute Gasteiger partial charge is 0.496 e. The largest absolute Gasteiger partial charge is 1.00 e. The molecule has 2 aromatic carbocycles. The van der Waals surface area contributed by atoms with Gasteiger partial charge < -0.3 is 31.9 Å². The van der Waals surface area contributed by atoms with E-state index < -0.39 is 0 Å². The van der Waals surface area contributed by atoms with Gasteiger partial charge in [0.15, 0.2) is 0 Å². The zero-order chi connectivity index (χ0) is 24.9. The van der Waals surface area contributed by atoms with E-state index in [0.717, 1.165) is 72.4 Å². The van der Waals surface area contributed by atoms with Crippen LogP contribution in [0.25, 0.3) is 0 Å². The Hall–Kier alpha value is -0.874. The van der Waals surface area contributed by atoms with Gasteiger partial charge in [0.2, 0.25) is 5.91 Å². The maximum Gasteiger partial charge on any atom is 1.00 e. The van der Waals surface area contributed by atoms with Crippen molar-refractivity contribution in [1.29, 1.82) is 0 Å². The van der Waals surface area contributed by atoms with Crippen molar-refractivity contribution in [3.8, 4) is 5.75 Å². The molecule has 0 bridgehead atoms. The monoisotopic (exact) mass is 567 g/mol. The van der Waals surface area contributed by atoms with Crippen molar-refractivity contribution >= 4 is 39.5 Å². The first kappa shape index (κ1) is 32.2. The second kappa shape index (κ2) is 17.6. The molecule has 0 radical (unpaired) electrons. The van der Waals surface area contributed by atoms with Crippen molar-refractivity contribution in [3.63, 3.8) is 0 Å². The van der Waals surface area contributed by atoms with Crippen LogP contribution in [0.3, 0.4) is 0 Å². The number of carbonyl (C=O) groups excluding carboxylic acids is 2. The molecule has 0 aliphatic heterocycles. The molecule has 35 heavy (non-hydrogen) atoms. The molecule has 1 amide bonds. The Morgan fingerprint density at radius 2 is 1.91 bits per heavy atom. The normalized spacial score (nSPS) is 13.0. The van der Waals surface area contributed by atoms with Crippen LogP contribution in [0.2, 0.25) is 0 Å². The minimum Gasteiger partial charge on any atom is -0.496 e. The summed E-state index contributed by atoms with van der Waals surface area (Å²) in [5.74, 6) is 1.10. The second-order valence-electron chi connectivity index (χ2n) is 8.28. The van der Waals surface area contributed by atoms with Gasteiger partial charge in [0, 0.05) is 24.2 Å². The first-order valence-electron chi connectivity index (χ1n) is 11.6. The van der Waals surface area contributed by atoms with Crippen LogP contribution in [0.5, 0.6) is 5.75 Å². The van der Waals surface area contributed by atoms with Gasteiger partial charge >= 0.3 is 51.4 Å².